The number of hydrogen-bond acceptors (Lipinski definition) is 6. The lowest BCUT2D eigenvalue weighted by Crippen LogP contribution is -2.12. The maximum absolute atomic E-state index is 12.0. The van der Waals surface area contributed by atoms with Crippen LogP contribution >= 0.6 is 0 Å². The van der Waals surface area contributed by atoms with Crippen molar-refractivity contribution in [2.75, 3.05) is 10.6 Å². The van der Waals surface area contributed by atoms with Crippen LogP contribution in [0.5, 0.6) is 11.5 Å². The molecule has 160 valence electrons. The number of para-hydroxylation sites is 1. The monoisotopic (exact) mass is 433 g/mol. The molecule has 0 aliphatic rings. The number of nitrogens with zero attached hydrogens (tertiary/aromatic N) is 3. The summed E-state index contributed by atoms with van der Waals surface area (Å²) in [6.45, 7) is 3.43. The zero-order chi connectivity index (χ0) is 23.0. The molecule has 0 radical (unpaired) electrons. The van der Waals surface area contributed by atoms with Gasteiger partial charge in [0.1, 0.15) is 35.3 Å². The summed E-state index contributed by atoms with van der Waals surface area (Å²) in [6.07, 6.45) is 3.15. The van der Waals surface area contributed by atoms with Gasteiger partial charge in [-0.25, -0.2) is 9.97 Å². The minimum Gasteiger partial charge on any atom is -0.457 e. The zero-order valence-corrected chi connectivity index (χ0v) is 17.5. The molecule has 0 bridgehead atoms. The Morgan fingerprint density at radius 1 is 0.939 bits per heavy atom. The predicted molar refractivity (Wildman–Crippen MR) is 127 cm³/mol. The molecule has 1 amide bonds. The number of carbonyl (C=O) groups excluding carboxylic acids is 1. The molecule has 0 fully saturated rings. The van der Waals surface area contributed by atoms with Crippen molar-refractivity contribution in [2.24, 2.45) is 0 Å². The van der Waals surface area contributed by atoms with Gasteiger partial charge in [-0.2, -0.15) is 5.26 Å². The van der Waals surface area contributed by atoms with Crippen LogP contribution in [-0.2, 0) is 4.79 Å². The van der Waals surface area contributed by atoms with Crippen molar-refractivity contribution in [3.05, 3.63) is 104 Å². The third-order valence-electron chi connectivity index (χ3n) is 4.65. The molecule has 33 heavy (non-hydrogen) atoms. The summed E-state index contributed by atoms with van der Waals surface area (Å²) in [5, 5.41) is 14.8. The maximum atomic E-state index is 12.0. The number of anilines is 3. The number of nitriles is 1. The quantitative estimate of drug-likeness (QED) is 0.287. The van der Waals surface area contributed by atoms with Gasteiger partial charge in [0, 0.05) is 23.1 Å². The average Bonchev–Trinajstić information content (AvgIpc) is 2.86. The fourth-order valence-electron chi connectivity index (χ4n) is 3.03. The van der Waals surface area contributed by atoms with Crippen molar-refractivity contribution in [2.45, 2.75) is 0 Å². The highest BCUT2D eigenvalue weighted by Crippen LogP contribution is 2.30. The van der Waals surface area contributed by atoms with Crippen LogP contribution in [0.3, 0.4) is 0 Å². The van der Waals surface area contributed by atoms with Crippen LogP contribution in [0, 0.1) is 11.3 Å². The van der Waals surface area contributed by atoms with Crippen LogP contribution in [0.1, 0.15) is 0 Å². The first-order chi connectivity index (χ1) is 16.1. The molecule has 2 N–H and O–H groups in total. The summed E-state index contributed by atoms with van der Waals surface area (Å²) in [5.74, 6) is 1.54. The lowest BCUT2D eigenvalue weighted by atomic mass is 10.1. The van der Waals surface area contributed by atoms with Crippen LogP contribution in [0.4, 0.5) is 17.2 Å². The second-order valence-corrected chi connectivity index (χ2v) is 6.97. The maximum Gasteiger partial charge on any atom is 0.265 e. The number of ether oxygens (including phenoxy) is 1. The Morgan fingerprint density at radius 3 is 2.45 bits per heavy atom. The number of carbonyl (C=O) groups is 1. The first kappa shape index (κ1) is 21.3. The summed E-state index contributed by atoms with van der Waals surface area (Å²) >= 11 is 0. The molecule has 0 saturated carbocycles. The van der Waals surface area contributed by atoms with Crippen LogP contribution in [0.25, 0.3) is 11.1 Å². The summed E-state index contributed by atoms with van der Waals surface area (Å²) in [7, 11) is 0. The molecule has 1 heterocycles. The smallest absolute Gasteiger partial charge is 0.265 e. The van der Waals surface area contributed by atoms with Crippen LogP contribution in [-0.4, -0.2) is 15.9 Å². The number of amides is 1. The molecule has 7 nitrogen and oxygen atoms in total. The van der Waals surface area contributed by atoms with E-state index in [0.29, 0.717) is 11.5 Å². The molecular formula is C26H19N5O2. The van der Waals surface area contributed by atoms with E-state index < -0.39 is 5.91 Å². The van der Waals surface area contributed by atoms with Crippen LogP contribution < -0.4 is 15.4 Å². The molecule has 3 aromatic carbocycles. The fourth-order valence-corrected chi connectivity index (χ4v) is 3.03. The van der Waals surface area contributed by atoms with Gasteiger partial charge in [0.05, 0.1) is 0 Å². The van der Waals surface area contributed by atoms with E-state index in [0.717, 1.165) is 28.3 Å². The molecule has 0 spiro atoms. The number of benzene rings is 3. The number of hydrogen-bond donors (Lipinski definition) is 2. The summed E-state index contributed by atoms with van der Waals surface area (Å²) in [5.41, 5.74) is 2.74. The van der Waals surface area contributed by atoms with Crippen LogP contribution in [0.2, 0.25) is 0 Å². The minimum atomic E-state index is -0.546. The molecule has 0 aliphatic heterocycles. The standard InChI is InChI=1S/C26H19N5O2/c1-18(15-27)26(32)31-21-7-5-6-19(14-21)24-16-28-17-29-25(24)30-20-10-12-23(13-11-20)33-22-8-3-2-4-9-22/h2-14,16-17H,1H2,(H,31,32)(H,28,29,30). The van der Waals surface area contributed by atoms with Gasteiger partial charge in [-0.05, 0) is 54.1 Å². The summed E-state index contributed by atoms with van der Waals surface area (Å²) < 4.78 is 5.83. The Kier molecular flexibility index (Phi) is 6.38. The molecule has 0 saturated heterocycles. The molecular weight excluding hydrogens is 414 g/mol. The van der Waals surface area contributed by atoms with E-state index in [4.69, 9.17) is 10.00 Å². The number of aromatic nitrogens is 2. The Hall–Kier alpha value is -4.96. The van der Waals surface area contributed by atoms with E-state index in [1.165, 1.54) is 6.33 Å². The molecule has 4 rings (SSSR count). The normalized spacial score (nSPS) is 10.0. The lowest BCUT2D eigenvalue weighted by molar-refractivity contribution is -0.112. The van der Waals surface area contributed by atoms with E-state index in [9.17, 15) is 4.79 Å². The Morgan fingerprint density at radius 2 is 1.70 bits per heavy atom. The van der Waals surface area contributed by atoms with Gasteiger partial charge in [-0.3, -0.25) is 4.79 Å². The third-order valence-corrected chi connectivity index (χ3v) is 4.65. The van der Waals surface area contributed by atoms with E-state index in [1.807, 2.05) is 60.7 Å². The SMILES string of the molecule is C=C(C#N)C(=O)Nc1cccc(-c2cncnc2Nc2ccc(Oc3ccccc3)cc2)c1. The average molecular weight is 433 g/mol. The first-order valence-electron chi connectivity index (χ1n) is 10.0. The van der Waals surface area contributed by atoms with Gasteiger partial charge in [-0.1, -0.05) is 36.9 Å². The minimum absolute atomic E-state index is 0.162. The summed E-state index contributed by atoms with van der Waals surface area (Å²) in [6, 6.07) is 26.0. The van der Waals surface area contributed by atoms with Gasteiger partial charge in [0.2, 0.25) is 0 Å². The Balaban J connectivity index is 1.52. The third kappa shape index (κ3) is 5.40. The highest BCUT2D eigenvalue weighted by Gasteiger charge is 2.11. The van der Waals surface area contributed by atoms with Gasteiger partial charge >= 0.3 is 0 Å². The van der Waals surface area contributed by atoms with Gasteiger partial charge in [0.15, 0.2) is 0 Å². The zero-order valence-electron chi connectivity index (χ0n) is 17.5. The molecule has 0 atom stereocenters. The largest absolute Gasteiger partial charge is 0.457 e. The van der Waals surface area contributed by atoms with Crippen LogP contribution in [0.15, 0.2) is 104 Å². The second-order valence-electron chi connectivity index (χ2n) is 6.97. The molecule has 7 heteroatoms. The van der Waals surface area contributed by atoms with Crippen molar-refractivity contribution >= 4 is 23.1 Å². The Labute approximate surface area is 191 Å². The van der Waals surface area contributed by atoms with E-state index in [1.54, 1.807) is 30.5 Å². The van der Waals surface area contributed by atoms with Gasteiger partial charge in [-0.15, -0.1) is 0 Å². The molecule has 4 aromatic rings. The second kappa shape index (κ2) is 9.90. The topological polar surface area (TPSA) is 99.9 Å². The van der Waals surface area contributed by atoms with Crippen molar-refractivity contribution < 1.29 is 9.53 Å². The van der Waals surface area contributed by atoms with Gasteiger partial charge in [0.25, 0.3) is 5.91 Å². The van der Waals surface area contributed by atoms with Crippen molar-refractivity contribution in [3.8, 4) is 28.7 Å². The summed E-state index contributed by atoms with van der Waals surface area (Å²) in [4.78, 5) is 20.5. The van der Waals surface area contributed by atoms with E-state index >= 15 is 0 Å². The predicted octanol–water partition coefficient (Wildman–Crippen LogP) is 5.70. The van der Waals surface area contributed by atoms with E-state index in [-0.39, 0.29) is 5.57 Å². The number of nitrogens with one attached hydrogen (secondary N) is 2. The fraction of sp³-hybridized carbons (Fsp3) is 0. The number of rotatable bonds is 7. The molecule has 0 aliphatic carbocycles. The first-order valence-corrected chi connectivity index (χ1v) is 10.0. The van der Waals surface area contributed by atoms with E-state index in [2.05, 4.69) is 27.2 Å². The van der Waals surface area contributed by atoms with Gasteiger partial charge < -0.3 is 15.4 Å². The van der Waals surface area contributed by atoms with Crippen molar-refractivity contribution in [1.82, 2.24) is 9.97 Å². The highest BCUT2D eigenvalue weighted by molar-refractivity contribution is 6.06. The highest BCUT2D eigenvalue weighted by atomic mass is 16.5. The molecule has 1 aromatic heterocycles. The lowest BCUT2D eigenvalue weighted by Gasteiger charge is -2.12. The molecule has 0 unspecified atom stereocenters. The van der Waals surface area contributed by atoms with Crippen molar-refractivity contribution in [3.63, 3.8) is 0 Å². The Bertz CT molecular complexity index is 1330. The van der Waals surface area contributed by atoms with Crippen molar-refractivity contribution in [1.29, 1.82) is 5.26 Å².